The van der Waals surface area contributed by atoms with Crippen LogP contribution >= 0.6 is 0 Å². The van der Waals surface area contributed by atoms with Crippen molar-refractivity contribution in [2.45, 2.75) is 20.1 Å². The summed E-state index contributed by atoms with van der Waals surface area (Å²) in [6.45, 7) is 4.09. The number of rotatable bonds is 5. The SMILES string of the molecule is CN=C(NCc1ccc(F)c(COC)c1)N1CC(C)C(C(=O)OC)C1. The molecule has 0 amide bonds. The van der Waals surface area contributed by atoms with Crippen LogP contribution in [0.3, 0.4) is 0 Å². The molecule has 0 aromatic heterocycles. The second kappa shape index (κ2) is 8.80. The monoisotopic (exact) mass is 351 g/mol. The van der Waals surface area contributed by atoms with Crippen molar-refractivity contribution >= 4 is 11.9 Å². The number of benzene rings is 1. The first-order chi connectivity index (χ1) is 12.0. The van der Waals surface area contributed by atoms with Crippen LogP contribution in [0.15, 0.2) is 23.2 Å². The fourth-order valence-corrected chi connectivity index (χ4v) is 3.12. The molecule has 1 aliphatic rings. The van der Waals surface area contributed by atoms with E-state index in [2.05, 4.69) is 10.3 Å². The Bertz CT molecular complexity index is 636. The van der Waals surface area contributed by atoms with Gasteiger partial charge in [0.1, 0.15) is 5.82 Å². The van der Waals surface area contributed by atoms with Gasteiger partial charge in [-0.15, -0.1) is 0 Å². The Morgan fingerprint density at radius 1 is 1.40 bits per heavy atom. The van der Waals surface area contributed by atoms with Gasteiger partial charge >= 0.3 is 5.97 Å². The van der Waals surface area contributed by atoms with Crippen LogP contribution in [-0.4, -0.2) is 51.2 Å². The highest BCUT2D eigenvalue weighted by Crippen LogP contribution is 2.24. The Morgan fingerprint density at radius 3 is 2.80 bits per heavy atom. The number of esters is 1. The molecule has 0 bridgehead atoms. The number of aliphatic imine (C=N–C) groups is 1. The number of hydrogen-bond acceptors (Lipinski definition) is 4. The zero-order chi connectivity index (χ0) is 18.4. The maximum absolute atomic E-state index is 13.7. The summed E-state index contributed by atoms with van der Waals surface area (Å²) in [5.74, 6) is 0.307. The van der Waals surface area contributed by atoms with Gasteiger partial charge in [0.05, 0.1) is 19.6 Å². The number of halogens is 1. The normalized spacial score (nSPS) is 20.7. The number of guanidine groups is 1. The van der Waals surface area contributed by atoms with Crippen LogP contribution in [0.5, 0.6) is 0 Å². The Morgan fingerprint density at radius 2 is 2.16 bits per heavy atom. The highest BCUT2D eigenvalue weighted by atomic mass is 19.1. The molecule has 1 aromatic carbocycles. The standard InChI is InChI=1S/C18H26FN3O3/c1-12-9-22(10-15(12)17(23)25-4)18(20-2)21-8-13-5-6-16(19)14(7-13)11-24-3/h5-7,12,15H,8-11H2,1-4H3,(H,20,21). The quantitative estimate of drug-likeness (QED) is 0.498. The molecule has 0 radical (unpaired) electrons. The second-order valence-electron chi connectivity index (χ2n) is 6.27. The lowest BCUT2D eigenvalue weighted by atomic mass is 9.99. The molecule has 1 aromatic rings. The highest BCUT2D eigenvalue weighted by molar-refractivity contribution is 5.82. The number of carbonyl (C=O) groups is 1. The van der Waals surface area contributed by atoms with E-state index in [1.54, 1.807) is 26.3 Å². The molecule has 1 fully saturated rings. The summed E-state index contributed by atoms with van der Waals surface area (Å²) in [5.41, 5.74) is 1.46. The van der Waals surface area contributed by atoms with E-state index in [9.17, 15) is 9.18 Å². The minimum Gasteiger partial charge on any atom is -0.469 e. The van der Waals surface area contributed by atoms with Crippen molar-refractivity contribution in [3.05, 3.63) is 35.1 Å². The van der Waals surface area contributed by atoms with Gasteiger partial charge in [0.25, 0.3) is 0 Å². The molecule has 2 rings (SSSR count). The van der Waals surface area contributed by atoms with E-state index in [1.807, 2.05) is 11.8 Å². The Labute approximate surface area is 148 Å². The molecule has 25 heavy (non-hydrogen) atoms. The molecule has 0 aliphatic carbocycles. The number of methoxy groups -OCH3 is 2. The molecule has 1 saturated heterocycles. The van der Waals surface area contributed by atoms with Crippen molar-refractivity contribution in [3.63, 3.8) is 0 Å². The molecular formula is C18H26FN3O3. The van der Waals surface area contributed by atoms with E-state index in [0.29, 0.717) is 18.7 Å². The molecule has 1 aliphatic heterocycles. The maximum atomic E-state index is 13.7. The number of likely N-dealkylation sites (tertiary alicyclic amines) is 1. The summed E-state index contributed by atoms with van der Waals surface area (Å²) in [6.07, 6.45) is 0. The largest absolute Gasteiger partial charge is 0.469 e. The lowest BCUT2D eigenvalue weighted by Gasteiger charge is -2.21. The number of ether oxygens (including phenoxy) is 2. The van der Waals surface area contributed by atoms with Crippen LogP contribution in [0.2, 0.25) is 0 Å². The second-order valence-corrected chi connectivity index (χ2v) is 6.27. The molecule has 2 atom stereocenters. The first-order valence-corrected chi connectivity index (χ1v) is 8.29. The van der Waals surface area contributed by atoms with E-state index in [-0.39, 0.29) is 30.2 Å². The van der Waals surface area contributed by atoms with Crippen LogP contribution < -0.4 is 5.32 Å². The van der Waals surface area contributed by atoms with Crippen LogP contribution in [0.1, 0.15) is 18.1 Å². The summed E-state index contributed by atoms with van der Waals surface area (Å²) < 4.78 is 23.6. The van der Waals surface area contributed by atoms with Crippen LogP contribution in [0, 0.1) is 17.7 Å². The van der Waals surface area contributed by atoms with Crippen molar-refractivity contribution in [2.24, 2.45) is 16.8 Å². The highest BCUT2D eigenvalue weighted by Gasteiger charge is 2.36. The van der Waals surface area contributed by atoms with Gasteiger partial charge in [0.15, 0.2) is 5.96 Å². The third kappa shape index (κ3) is 4.69. The van der Waals surface area contributed by atoms with Gasteiger partial charge < -0.3 is 19.7 Å². The summed E-state index contributed by atoms with van der Waals surface area (Å²) in [4.78, 5) is 18.2. The molecule has 0 saturated carbocycles. The minimum atomic E-state index is -0.274. The van der Waals surface area contributed by atoms with Crippen molar-refractivity contribution in [1.29, 1.82) is 0 Å². The summed E-state index contributed by atoms with van der Waals surface area (Å²) >= 11 is 0. The van der Waals surface area contributed by atoms with Gasteiger partial charge in [-0.25, -0.2) is 4.39 Å². The van der Waals surface area contributed by atoms with E-state index in [1.165, 1.54) is 13.2 Å². The average molecular weight is 351 g/mol. The van der Waals surface area contributed by atoms with Crippen molar-refractivity contribution in [2.75, 3.05) is 34.4 Å². The number of carbonyl (C=O) groups excluding carboxylic acids is 1. The fraction of sp³-hybridized carbons (Fsp3) is 0.556. The van der Waals surface area contributed by atoms with E-state index < -0.39 is 0 Å². The van der Waals surface area contributed by atoms with Crippen molar-refractivity contribution in [3.8, 4) is 0 Å². The van der Waals surface area contributed by atoms with Gasteiger partial charge in [0, 0.05) is 39.4 Å². The molecule has 0 spiro atoms. The topological polar surface area (TPSA) is 63.2 Å². The molecule has 1 heterocycles. The lowest BCUT2D eigenvalue weighted by Crippen LogP contribution is -2.40. The van der Waals surface area contributed by atoms with Crippen LogP contribution in [0.4, 0.5) is 4.39 Å². The number of hydrogen-bond donors (Lipinski definition) is 1. The molecule has 1 N–H and O–H groups in total. The zero-order valence-electron chi connectivity index (χ0n) is 15.2. The van der Waals surface area contributed by atoms with E-state index in [4.69, 9.17) is 9.47 Å². The van der Waals surface area contributed by atoms with E-state index >= 15 is 0 Å². The van der Waals surface area contributed by atoms with Crippen LogP contribution in [0.25, 0.3) is 0 Å². The Kier molecular flexibility index (Phi) is 6.75. The van der Waals surface area contributed by atoms with Gasteiger partial charge in [-0.2, -0.15) is 0 Å². The average Bonchev–Trinajstić information content (AvgIpc) is 2.99. The summed E-state index contributed by atoms with van der Waals surface area (Å²) in [6, 6.07) is 4.96. The maximum Gasteiger partial charge on any atom is 0.310 e. The fourth-order valence-electron chi connectivity index (χ4n) is 3.12. The third-order valence-corrected chi connectivity index (χ3v) is 4.49. The third-order valence-electron chi connectivity index (χ3n) is 4.49. The first-order valence-electron chi connectivity index (χ1n) is 8.29. The first kappa shape index (κ1) is 19.2. The molecule has 2 unspecified atom stereocenters. The predicted molar refractivity (Wildman–Crippen MR) is 93.6 cm³/mol. The smallest absolute Gasteiger partial charge is 0.310 e. The number of nitrogens with one attached hydrogen (secondary N) is 1. The van der Waals surface area contributed by atoms with Gasteiger partial charge in [-0.05, 0) is 23.6 Å². The van der Waals surface area contributed by atoms with Crippen LogP contribution in [-0.2, 0) is 27.4 Å². The molecular weight excluding hydrogens is 325 g/mol. The lowest BCUT2D eigenvalue weighted by molar-refractivity contribution is -0.145. The van der Waals surface area contributed by atoms with Crippen molar-refractivity contribution < 1.29 is 18.7 Å². The summed E-state index contributed by atoms with van der Waals surface area (Å²) in [5, 5.41) is 3.28. The Balaban J connectivity index is 1.99. The molecule has 7 heteroatoms. The van der Waals surface area contributed by atoms with Gasteiger partial charge in [0.2, 0.25) is 0 Å². The zero-order valence-corrected chi connectivity index (χ0v) is 15.2. The number of nitrogens with zero attached hydrogens (tertiary/aromatic N) is 2. The van der Waals surface area contributed by atoms with Crippen molar-refractivity contribution in [1.82, 2.24) is 10.2 Å². The van der Waals surface area contributed by atoms with Gasteiger partial charge in [-0.1, -0.05) is 13.0 Å². The molecule has 138 valence electrons. The molecule has 6 nitrogen and oxygen atoms in total. The van der Waals surface area contributed by atoms with E-state index in [0.717, 1.165) is 18.1 Å². The summed E-state index contributed by atoms with van der Waals surface area (Å²) in [7, 11) is 4.66. The Hall–Kier alpha value is -2.15. The predicted octanol–water partition coefficient (Wildman–Crippen LogP) is 1.79. The van der Waals surface area contributed by atoms with Gasteiger partial charge in [-0.3, -0.25) is 9.79 Å². The minimum absolute atomic E-state index is 0.150.